The summed E-state index contributed by atoms with van der Waals surface area (Å²) in [6.45, 7) is 3.41. The van der Waals surface area contributed by atoms with Crippen LogP contribution in [0, 0.1) is 6.92 Å². The largest absolute Gasteiger partial charge is 0.478 e. The summed E-state index contributed by atoms with van der Waals surface area (Å²) in [7, 11) is 0. The number of carbonyl (C=O) groups excluding carboxylic acids is 1. The second kappa shape index (κ2) is 5.74. The summed E-state index contributed by atoms with van der Waals surface area (Å²) in [4.78, 5) is 22.5. The molecule has 0 saturated heterocycles. The van der Waals surface area contributed by atoms with Gasteiger partial charge in [0.1, 0.15) is 10.6 Å². The molecular weight excluding hydrogens is 242 g/mol. The minimum Gasteiger partial charge on any atom is -0.478 e. The van der Waals surface area contributed by atoms with Gasteiger partial charge >= 0.3 is 5.97 Å². The summed E-state index contributed by atoms with van der Waals surface area (Å²) in [6.07, 6.45) is 0.833. The van der Waals surface area contributed by atoms with Crippen molar-refractivity contribution >= 4 is 28.4 Å². The number of aryl methyl sites for hydroxylation is 1. The second-order valence-electron chi connectivity index (χ2n) is 3.84. The van der Waals surface area contributed by atoms with Crippen LogP contribution in [0.15, 0.2) is 0 Å². The van der Waals surface area contributed by atoms with E-state index in [4.69, 9.17) is 10.8 Å². The molecule has 0 aliphatic rings. The lowest BCUT2D eigenvalue weighted by Crippen LogP contribution is -2.19. The first-order valence-electron chi connectivity index (χ1n) is 5.16. The number of hydrogen-bond donors (Lipinski definition) is 3. The van der Waals surface area contributed by atoms with Crippen LogP contribution >= 0.6 is 11.5 Å². The molecule has 1 heterocycles. The molecule has 0 fully saturated rings. The number of aromatic carboxylic acids is 1. The quantitative estimate of drug-likeness (QED) is 0.735. The van der Waals surface area contributed by atoms with Gasteiger partial charge < -0.3 is 16.2 Å². The fourth-order valence-corrected chi connectivity index (χ4v) is 2.06. The monoisotopic (exact) mass is 257 g/mol. The number of amides is 1. The smallest absolute Gasteiger partial charge is 0.340 e. The van der Waals surface area contributed by atoms with E-state index in [1.54, 1.807) is 6.92 Å². The highest BCUT2D eigenvalue weighted by Gasteiger charge is 2.19. The Bertz CT molecular complexity index is 428. The second-order valence-corrected chi connectivity index (χ2v) is 4.61. The first-order chi connectivity index (χ1) is 7.91. The maximum atomic E-state index is 11.5. The van der Waals surface area contributed by atoms with E-state index >= 15 is 0 Å². The van der Waals surface area contributed by atoms with Gasteiger partial charge in [0.15, 0.2) is 0 Å². The molecule has 0 aliphatic carbocycles. The Hall–Kier alpha value is -1.47. The standard InChI is InChI=1S/C10H15N3O3S/c1-5(11)3-4-7(14)12-9-8(10(15)16)6(2)13-17-9/h5H,3-4,11H2,1-2H3,(H,12,14)(H,15,16). The highest BCUT2D eigenvalue weighted by Crippen LogP contribution is 2.24. The van der Waals surface area contributed by atoms with Gasteiger partial charge in [-0.15, -0.1) is 0 Å². The van der Waals surface area contributed by atoms with Gasteiger partial charge in [-0.1, -0.05) is 0 Å². The Balaban J connectivity index is 2.69. The number of aromatic nitrogens is 1. The summed E-state index contributed by atoms with van der Waals surface area (Å²) in [6, 6.07) is -0.0529. The lowest BCUT2D eigenvalue weighted by molar-refractivity contribution is -0.116. The van der Waals surface area contributed by atoms with Crippen molar-refractivity contribution in [3.8, 4) is 0 Å². The van der Waals surface area contributed by atoms with E-state index in [-0.39, 0.29) is 28.9 Å². The van der Waals surface area contributed by atoms with E-state index in [0.717, 1.165) is 11.5 Å². The average Bonchev–Trinajstić information content (AvgIpc) is 2.56. The number of rotatable bonds is 5. The van der Waals surface area contributed by atoms with Crippen molar-refractivity contribution in [1.29, 1.82) is 0 Å². The van der Waals surface area contributed by atoms with Crippen molar-refractivity contribution in [2.24, 2.45) is 5.73 Å². The number of nitrogens with zero attached hydrogens (tertiary/aromatic N) is 1. The number of carboxylic acids is 1. The van der Waals surface area contributed by atoms with Crippen molar-refractivity contribution in [2.75, 3.05) is 5.32 Å². The number of carbonyl (C=O) groups is 2. The molecular formula is C10H15N3O3S. The Labute approximate surface area is 103 Å². The molecule has 94 valence electrons. The Morgan fingerprint density at radius 1 is 1.59 bits per heavy atom. The fourth-order valence-electron chi connectivity index (χ4n) is 1.25. The maximum Gasteiger partial charge on any atom is 0.340 e. The minimum atomic E-state index is -1.08. The Morgan fingerprint density at radius 2 is 2.24 bits per heavy atom. The maximum absolute atomic E-state index is 11.5. The predicted octanol–water partition coefficient (Wildman–Crippen LogP) is 1.22. The van der Waals surface area contributed by atoms with Crippen LogP contribution in [0.25, 0.3) is 0 Å². The molecule has 7 heteroatoms. The molecule has 0 aromatic carbocycles. The zero-order valence-electron chi connectivity index (χ0n) is 9.69. The molecule has 0 bridgehead atoms. The van der Waals surface area contributed by atoms with Crippen LogP contribution in [0.1, 0.15) is 35.8 Å². The number of nitrogens with one attached hydrogen (secondary N) is 1. The van der Waals surface area contributed by atoms with Crippen molar-refractivity contribution in [1.82, 2.24) is 4.37 Å². The summed E-state index contributed by atoms with van der Waals surface area (Å²) in [5.74, 6) is -1.33. The zero-order chi connectivity index (χ0) is 13.0. The van der Waals surface area contributed by atoms with E-state index in [2.05, 4.69) is 9.69 Å². The SMILES string of the molecule is Cc1nsc(NC(=O)CCC(C)N)c1C(=O)O. The van der Waals surface area contributed by atoms with E-state index < -0.39 is 5.97 Å². The van der Waals surface area contributed by atoms with Crippen LogP contribution in [0.5, 0.6) is 0 Å². The number of carboxylic acid groups (broad SMARTS) is 1. The molecule has 1 atom stereocenters. The summed E-state index contributed by atoms with van der Waals surface area (Å²) < 4.78 is 3.91. The van der Waals surface area contributed by atoms with Gasteiger partial charge in [0.05, 0.1) is 5.69 Å². The molecule has 6 nitrogen and oxygen atoms in total. The van der Waals surface area contributed by atoms with Crippen molar-refractivity contribution in [3.05, 3.63) is 11.3 Å². The molecule has 1 aromatic heterocycles. The Morgan fingerprint density at radius 3 is 2.76 bits per heavy atom. The third-order valence-corrected chi connectivity index (χ3v) is 3.01. The number of anilines is 1. The van der Waals surface area contributed by atoms with Gasteiger partial charge in [0, 0.05) is 12.5 Å². The van der Waals surface area contributed by atoms with Crippen LogP contribution in [-0.2, 0) is 4.79 Å². The van der Waals surface area contributed by atoms with Crippen molar-refractivity contribution in [3.63, 3.8) is 0 Å². The van der Waals surface area contributed by atoms with E-state index in [1.807, 2.05) is 6.92 Å². The fraction of sp³-hybridized carbons (Fsp3) is 0.500. The first-order valence-corrected chi connectivity index (χ1v) is 5.94. The lowest BCUT2D eigenvalue weighted by Gasteiger charge is -2.05. The normalized spacial score (nSPS) is 12.2. The summed E-state index contributed by atoms with van der Waals surface area (Å²) >= 11 is 0.973. The summed E-state index contributed by atoms with van der Waals surface area (Å²) in [5.41, 5.74) is 6.00. The molecule has 17 heavy (non-hydrogen) atoms. The van der Waals surface area contributed by atoms with Crippen molar-refractivity contribution in [2.45, 2.75) is 32.7 Å². The Kier molecular flexibility index (Phi) is 4.59. The first kappa shape index (κ1) is 13.6. The van der Waals surface area contributed by atoms with Gasteiger partial charge in [0.2, 0.25) is 5.91 Å². The average molecular weight is 257 g/mol. The molecule has 1 amide bonds. The molecule has 0 aliphatic heterocycles. The highest BCUT2D eigenvalue weighted by atomic mass is 32.1. The highest BCUT2D eigenvalue weighted by molar-refractivity contribution is 7.11. The van der Waals surface area contributed by atoms with Crippen LogP contribution in [0.4, 0.5) is 5.00 Å². The molecule has 0 radical (unpaired) electrons. The van der Waals surface area contributed by atoms with Crippen LogP contribution in [0.2, 0.25) is 0 Å². The number of hydrogen-bond acceptors (Lipinski definition) is 5. The third kappa shape index (κ3) is 3.79. The molecule has 4 N–H and O–H groups in total. The summed E-state index contributed by atoms with van der Waals surface area (Å²) in [5, 5.41) is 11.8. The van der Waals surface area contributed by atoms with E-state index in [0.29, 0.717) is 12.1 Å². The van der Waals surface area contributed by atoms with Gasteiger partial charge in [-0.2, -0.15) is 4.37 Å². The lowest BCUT2D eigenvalue weighted by atomic mass is 10.2. The van der Waals surface area contributed by atoms with E-state index in [9.17, 15) is 9.59 Å². The van der Waals surface area contributed by atoms with Gasteiger partial charge in [0.25, 0.3) is 0 Å². The van der Waals surface area contributed by atoms with Crippen LogP contribution < -0.4 is 11.1 Å². The number of nitrogens with two attached hydrogens (primary N) is 1. The predicted molar refractivity (Wildman–Crippen MR) is 65.3 cm³/mol. The third-order valence-electron chi connectivity index (χ3n) is 2.16. The van der Waals surface area contributed by atoms with E-state index in [1.165, 1.54) is 0 Å². The topological polar surface area (TPSA) is 105 Å². The van der Waals surface area contributed by atoms with Gasteiger partial charge in [-0.05, 0) is 31.8 Å². The molecule has 0 saturated carbocycles. The molecule has 0 spiro atoms. The molecule has 1 rings (SSSR count). The zero-order valence-corrected chi connectivity index (χ0v) is 10.5. The van der Waals surface area contributed by atoms with Crippen LogP contribution in [-0.4, -0.2) is 27.4 Å². The minimum absolute atomic E-state index is 0.0529. The van der Waals surface area contributed by atoms with Crippen molar-refractivity contribution < 1.29 is 14.7 Å². The molecule has 1 aromatic rings. The molecule has 1 unspecified atom stereocenters. The van der Waals surface area contributed by atoms with Gasteiger partial charge in [-0.3, -0.25) is 4.79 Å². The van der Waals surface area contributed by atoms with Crippen LogP contribution in [0.3, 0.4) is 0 Å². The van der Waals surface area contributed by atoms with Gasteiger partial charge in [-0.25, -0.2) is 4.79 Å².